The lowest BCUT2D eigenvalue weighted by Crippen LogP contribution is -2.55. The lowest BCUT2D eigenvalue weighted by atomic mass is 9.49. The van der Waals surface area contributed by atoms with Gasteiger partial charge >= 0.3 is 0 Å². The summed E-state index contributed by atoms with van der Waals surface area (Å²) in [5.74, 6) is 0.972. The summed E-state index contributed by atoms with van der Waals surface area (Å²) in [5.41, 5.74) is 6.74. The summed E-state index contributed by atoms with van der Waals surface area (Å²) in [6, 6.07) is 7.04. The zero-order valence-electron chi connectivity index (χ0n) is 15.7. The molecule has 132 valence electrons. The lowest BCUT2D eigenvalue weighted by molar-refractivity contribution is -0.150. The van der Waals surface area contributed by atoms with Gasteiger partial charge in [0.25, 0.3) is 0 Å². The highest BCUT2D eigenvalue weighted by atomic mass is 16.6. The van der Waals surface area contributed by atoms with E-state index in [9.17, 15) is 4.79 Å². The number of amides is 1. The monoisotopic (exact) mass is 329 g/mol. The van der Waals surface area contributed by atoms with Crippen LogP contribution in [0.15, 0.2) is 18.2 Å². The predicted octanol–water partition coefficient (Wildman–Crippen LogP) is 4.50. The summed E-state index contributed by atoms with van der Waals surface area (Å²) in [4.78, 5) is 17.7. The third-order valence-electron chi connectivity index (χ3n) is 6.76. The Morgan fingerprint density at radius 2 is 2.04 bits per heavy atom. The molecule has 1 amide bonds. The van der Waals surface area contributed by atoms with Crippen molar-refractivity contribution in [3.05, 3.63) is 34.9 Å². The van der Waals surface area contributed by atoms with Crippen LogP contribution in [0.25, 0.3) is 0 Å². The first kappa shape index (κ1) is 17.5. The maximum atomic E-state index is 12.7. The van der Waals surface area contributed by atoms with E-state index in [1.807, 2.05) is 0 Å². The van der Waals surface area contributed by atoms with E-state index in [0.717, 1.165) is 25.7 Å². The van der Waals surface area contributed by atoms with Crippen molar-refractivity contribution in [2.75, 3.05) is 7.11 Å². The van der Waals surface area contributed by atoms with E-state index in [1.165, 1.54) is 30.2 Å². The van der Waals surface area contributed by atoms with E-state index in [4.69, 9.17) is 4.84 Å². The third kappa shape index (κ3) is 2.57. The van der Waals surface area contributed by atoms with Crippen LogP contribution in [-0.2, 0) is 21.5 Å². The lowest BCUT2D eigenvalue weighted by Gasteiger charge is -2.54. The molecule has 0 aliphatic heterocycles. The van der Waals surface area contributed by atoms with E-state index in [1.54, 1.807) is 0 Å². The van der Waals surface area contributed by atoms with Gasteiger partial charge in [0.2, 0.25) is 5.91 Å². The number of carbonyl (C=O) groups is 1. The second-order valence-electron chi connectivity index (χ2n) is 8.49. The maximum absolute atomic E-state index is 12.7. The molecular weight excluding hydrogens is 298 g/mol. The molecule has 24 heavy (non-hydrogen) atoms. The van der Waals surface area contributed by atoms with Crippen LogP contribution in [0.1, 0.15) is 76.0 Å². The average Bonchev–Trinajstić information content (AvgIpc) is 2.54. The van der Waals surface area contributed by atoms with Crippen molar-refractivity contribution in [2.45, 2.75) is 71.1 Å². The van der Waals surface area contributed by atoms with Crippen molar-refractivity contribution < 1.29 is 9.63 Å². The summed E-state index contributed by atoms with van der Waals surface area (Å²) >= 11 is 0. The van der Waals surface area contributed by atoms with Gasteiger partial charge < -0.3 is 0 Å². The van der Waals surface area contributed by atoms with Crippen LogP contribution in [0.5, 0.6) is 0 Å². The van der Waals surface area contributed by atoms with E-state index in [0.29, 0.717) is 11.8 Å². The molecule has 3 nitrogen and oxygen atoms in total. The van der Waals surface area contributed by atoms with Crippen LogP contribution in [0, 0.1) is 11.3 Å². The fraction of sp³-hybridized carbons (Fsp3) is 0.667. The molecule has 0 saturated heterocycles. The smallest absolute Gasteiger partial charge is 0.249 e. The first-order valence-corrected chi connectivity index (χ1v) is 9.29. The van der Waals surface area contributed by atoms with Gasteiger partial charge in [-0.25, -0.2) is 5.48 Å². The minimum Gasteiger partial charge on any atom is -0.277 e. The Hall–Kier alpha value is -1.35. The zero-order valence-corrected chi connectivity index (χ0v) is 15.7. The van der Waals surface area contributed by atoms with Gasteiger partial charge in [-0.15, -0.1) is 0 Å². The standard InChI is InChI=1S/C21H31NO2/c1-14(2)15-7-9-17-16(13-15)8-10-18-20(17,3)11-6-12-21(18,4)19(23)22-24-5/h7,9,13-14,18H,6,8,10-12H2,1-5H3,(H,22,23)/t18-,20-,21?/m1/s1. The molecule has 3 atom stereocenters. The quantitative estimate of drug-likeness (QED) is 0.829. The van der Waals surface area contributed by atoms with E-state index >= 15 is 0 Å². The van der Waals surface area contributed by atoms with E-state index in [-0.39, 0.29) is 16.7 Å². The van der Waals surface area contributed by atoms with Crippen molar-refractivity contribution >= 4 is 5.91 Å². The highest BCUT2D eigenvalue weighted by Crippen LogP contribution is 2.57. The number of carbonyl (C=O) groups excluding carboxylic acids is 1. The van der Waals surface area contributed by atoms with Gasteiger partial charge in [0.1, 0.15) is 0 Å². The number of benzene rings is 1. The van der Waals surface area contributed by atoms with Crippen molar-refractivity contribution in [3.8, 4) is 0 Å². The molecule has 1 saturated carbocycles. The van der Waals surface area contributed by atoms with E-state index in [2.05, 4.69) is 51.4 Å². The minimum absolute atomic E-state index is 0.0446. The summed E-state index contributed by atoms with van der Waals surface area (Å²) < 4.78 is 0. The Kier molecular flexibility index (Phi) is 4.50. The first-order valence-electron chi connectivity index (χ1n) is 9.29. The van der Waals surface area contributed by atoms with Gasteiger partial charge in [-0.1, -0.05) is 52.3 Å². The SMILES string of the molecule is CONC(=O)C1(C)CCC[C@]2(C)c3ccc(C(C)C)cc3CC[C@@H]12. The largest absolute Gasteiger partial charge is 0.277 e. The normalized spacial score (nSPS) is 32.2. The number of rotatable bonds is 3. The summed E-state index contributed by atoms with van der Waals surface area (Å²) in [6.45, 7) is 9.02. The van der Waals surface area contributed by atoms with Gasteiger partial charge in [-0.05, 0) is 59.6 Å². The highest BCUT2D eigenvalue weighted by molar-refractivity contribution is 5.82. The highest BCUT2D eigenvalue weighted by Gasteiger charge is 2.55. The van der Waals surface area contributed by atoms with Crippen molar-refractivity contribution in [1.82, 2.24) is 5.48 Å². The van der Waals surface area contributed by atoms with Crippen LogP contribution in [-0.4, -0.2) is 13.0 Å². The third-order valence-corrected chi connectivity index (χ3v) is 6.76. The van der Waals surface area contributed by atoms with Gasteiger partial charge in [0, 0.05) is 0 Å². The second kappa shape index (κ2) is 6.18. The molecule has 0 spiro atoms. The van der Waals surface area contributed by atoms with E-state index < -0.39 is 0 Å². The Morgan fingerprint density at radius 3 is 2.71 bits per heavy atom. The molecule has 0 aromatic heterocycles. The van der Waals surface area contributed by atoms with Crippen LogP contribution >= 0.6 is 0 Å². The van der Waals surface area contributed by atoms with Gasteiger partial charge in [-0.3, -0.25) is 9.63 Å². The molecule has 1 fully saturated rings. The van der Waals surface area contributed by atoms with Crippen molar-refractivity contribution in [1.29, 1.82) is 0 Å². The Labute approximate surface area is 146 Å². The molecule has 3 rings (SSSR count). The summed E-state index contributed by atoms with van der Waals surface area (Å²) in [6.07, 6.45) is 5.36. The molecule has 3 heteroatoms. The first-order chi connectivity index (χ1) is 11.3. The fourth-order valence-corrected chi connectivity index (χ4v) is 5.35. The average molecular weight is 329 g/mol. The summed E-state index contributed by atoms with van der Waals surface area (Å²) in [5, 5.41) is 0. The number of hydroxylamine groups is 1. The molecule has 0 bridgehead atoms. The van der Waals surface area contributed by atoms with Crippen LogP contribution in [0.4, 0.5) is 0 Å². The second-order valence-corrected chi connectivity index (χ2v) is 8.49. The minimum atomic E-state index is -0.350. The van der Waals surface area contributed by atoms with Crippen LogP contribution < -0.4 is 5.48 Å². The molecular formula is C21H31NO2. The van der Waals surface area contributed by atoms with Gasteiger partial charge in [0.15, 0.2) is 0 Å². The number of nitrogens with one attached hydrogen (secondary N) is 1. The molecule has 2 aliphatic carbocycles. The zero-order chi connectivity index (χ0) is 17.5. The Bertz CT molecular complexity index is 639. The number of hydrogen-bond acceptors (Lipinski definition) is 2. The van der Waals surface area contributed by atoms with Gasteiger partial charge in [-0.2, -0.15) is 0 Å². The molecule has 1 aromatic carbocycles. The molecule has 0 radical (unpaired) electrons. The summed E-state index contributed by atoms with van der Waals surface area (Å²) in [7, 11) is 1.52. The predicted molar refractivity (Wildman–Crippen MR) is 96.8 cm³/mol. The fourth-order valence-electron chi connectivity index (χ4n) is 5.35. The van der Waals surface area contributed by atoms with Crippen molar-refractivity contribution in [2.24, 2.45) is 11.3 Å². The van der Waals surface area contributed by atoms with Crippen LogP contribution in [0.3, 0.4) is 0 Å². The molecule has 1 unspecified atom stereocenters. The number of fused-ring (bicyclic) bond motifs is 3. The number of aryl methyl sites for hydroxylation is 1. The molecule has 1 aromatic rings. The molecule has 2 aliphatic rings. The van der Waals surface area contributed by atoms with Crippen LogP contribution in [0.2, 0.25) is 0 Å². The number of hydrogen-bond donors (Lipinski definition) is 1. The topological polar surface area (TPSA) is 38.3 Å². The van der Waals surface area contributed by atoms with Crippen molar-refractivity contribution in [3.63, 3.8) is 0 Å². The molecule has 1 N–H and O–H groups in total. The molecule has 0 heterocycles. The van der Waals surface area contributed by atoms with Gasteiger partial charge in [0.05, 0.1) is 12.5 Å². The Morgan fingerprint density at radius 1 is 1.29 bits per heavy atom. The maximum Gasteiger partial charge on any atom is 0.249 e. The Balaban J connectivity index is 2.02.